The number of nitrogens with one attached hydrogen (secondary N) is 2. The lowest BCUT2D eigenvalue weighted by Crippen LogP contribution is -2.38. The molecular formula is C24H38N4O3. The Balaban J connectivity index is 1.14. The maximum absolute atomic E-state index is 12.7. The van der Waals surface area contributed by atoms with Crippen LogP contribution in [0.25, 0.3) is 0 Å². The topological polar surface area (TPSA) is 83.0 Å². The Morgan fingerprint density at radius 2 is 1.77 bits per heavy atom. The number of likely N-dealkylation sites (tertiary alicyclic amines) is 1. The maximum atomic E-state index is 12.7. The largest absolute Gasteiger partial charge is 0.378 e. The minimum atomic E-state index is -0.0965. The third-order valence-corrected chi connectivity index (χ3v) is 7.23. The molecule has 2 saturated carbocycles. The summed E-state index contributed by atoms with van der Waals surface area (Å²) < 4.78 is 5.98. The van der Waals surface area contributed by atoms with Crippen LogP contribution in [0.1, 0.15) is 58.3 Å². The highest BCUT2D eigenvalue weighted by Gasteiger charge is 2.58. The molecule has 1 heterocycles. The van der Waals surface area contributed by atoms with Crippen molar-refractivity contribution in [3.05, 3.63) is 12.2 Å². The van der Waals surface area contributed by atoms with E-state index in [1.807, 2.05) is 6.92 Å². The number of hydrogen-bond acceptors (Lipinski definition) is 4. The number of nitrogens with zero attached hydrogens (tertiary/aromatic N) is 2. The van der Waals surface area contributed by atoms with Gasteiger partial charge in [0.2, 0.25) is 11.8 Å². The van der Waals surface area contributed by atoms with Gasteiger partial charge in [0.25, 0.3) is 0 Å². The van der Waals surface area contributed by atoms with E-state index in [1.165, 1.54) is 37.0 Å². The lowest BCUT2D eigenvalue weighted by atomic mass is 9.85. The monoisotopic (exact) mass is 430 g/mol. The summed E-state index contributed by atoms with van der Waals surface area (Å²) in [5, 5.41) is 6.62. The number of guanidine groups is 1. The first-order valence-corrected chi connectivity index (χ1v) is 12.4. The van der Waals surface area contributed by atoms with Gasteiger partial charge in [-0.25, -0.2) is 0 Å². The molecule has 4 rings (SSSR count). The molecule has 0 aromatic carbocycles. The summed E-state index contributed by atoms with van der Waals surface area (Å²) >= 11 is 0. The molecule has 1 saturated heterocycles. The van der Waals surface area contributed by atoms with E-state index >= 15 is 0 Å². The number of imide groups is 1. The zero-order valence-electron chi connectivity index (χ0n) is 18.9. The Morgan fingerprint density at radius 1 is 1.06 bits per heavy atom. The molecule has 0 radical (unpaired) electrons. The molecule has 4 atom stereocenters. The van der Waals surface area contributed by atoms with E-state index in [4.69, 9.17) is 4.74 Å². The molecule has 4 aliphatic rings. The van der Waals surface area contributed by atoms with Gasteiger partial charge in [0.1, 0.15) is 0 Å². The molecule has 2 N–H and O–H groups in total. The average Bonchev–Trinajstić information content (AvgIpc) is 3.46. The standard InChI is InChI=1S/C24H38N4O3/c1-2-25-24(27-13-7-15-31-19-8-4-3-5-9-19)26-12-6-14-28-22(29)20-17-10-11-18(16-17)21(20)23(28)30/h10-11,17-21H,2-9,12-16H2,1H3,(H2,25,26,27). The van der Waals surface area contributed by atoms with E-state index in [0.29, 0.717) is 25.6 Å². The summed E-state index contributed by atoms with van der Waals surface area (Å²) in [6.07, 6.45) is 13.7. The third kappa shape index (κ3) is 5.13. The molecule has 7 nitrogen and oxygen atoms in total. The molecule has 3 aliphatic carbocycles. The van der Waals surface area contributed by atoms with E-state index in [0.717, 1.165) is 38.5 Å². The number of hydrogen-bond donors (Lipinski definition) is 2. The van der Waals surface area contributed by atoms with E-state index in [2.05, 4.69) is 27.8 Å². The minimum absolute atomic E-state index is 0.0406. The summed E-state index contributed by atoms with van der Waals surface area (Å²) in [6, 6.07) is 0. The summed E-state index contributed by atoms with van der Waals surface area (Å²) in [5.74, 6) is 1.24. The second kappa shape index (κ2) is 10.6. The van der Waals surface area contributed by atoms with Crippen molar-refractivity contribution < 1.29 is 14.3 Å². The lowest BCUT2D eigenvalue weighted by Gasteiger charge is -2.22. The number of carbonyl (C=O) groups excluding carboxylic acids is 2. The van der Waals surface area contributed by atoms with E-state index in [1.54, 1.807) is 0 Å². The summed E-state index contributed by atoms with van der Waals surface area (Å²) in [6.45, 7) is 5.52. The maximum Gasteiger partial charge on any atom is 0.233 e. The first kappa shape index (κ1) is 22.3. The summed E-state index contributed by atoms with van der Waals surface area (Å²) in [7, 11) is 0. The van der Waals surface area contributed by atoms with Crippen LogP contribution in [-0.2, 0) is 14.3 Å². The number of carbonyl (C=O) groups is 2. The quantitative estimate of drug-likeness (QED) is 0.183. The first-order valence-electron chi connectivity index (χ1n) is 12.4. The SMILES string of the molecule is CCNC(=NCCCN1C(=O)C2C3C=CC(C3)C2C1=O)NCCCOC1CCCCC1. The van der Waals surface area contributed by atoms with Crippen LogP contribution in [0, 0.1) is 23.7 Å². The molecule has 2 bridgehead atoms. The number of fused-ring (bicyclic) bond motifs is 5. The molecule has 0 aromatic heterocycles. The average molecular weight is 431 g/mol. The van der Waals surface area contributed by atoms with Crippen LogP contribution in [0.4, 0.5) is 0 Å². The van der Waals surface area contributed by atoms with Crippen molar-refractivity contribution in [2.24, 2.45) is 28.7 Å². The minimum Gasteiger partial charge on any atom is -0.378 e. The van der Waals surface area contributed by atoms with Gasteiger partial charge in [-0.2, -0.15) is 0 Å². The highest BCUT2D eigenvalue weighted by Crippen LogP contribution is 2.52. The molecule has 172 valence electrons. The molecule has 3 fully saturated rings. The van der Waals surface area contributed by atoms with Crippen LogP contribution < -0.4 is 10.6 Å². The zero-order chi connectivity index (χ0) is 21.6. The third-order valence-electron chi connectivity index (χ3n) is 7.23. The van der Waals surface area contributed by atoms with Crippen LogP contribution >= 0.6 is 0 Å². The number of ether oxygens (including phenoxy) is 1. The van der Waals surface area contributed by atoms with Gasteiger partial charge in [-0.3, -0.25) is 19.5 Å². The Labute approximate surface area is 186 Å². The number of rotatable bonds is 10. The van der Waals surface area contributed by atoms with Crippen LogP contribution in [0.15, 0.2) is 17.1 Å². The van der Waals surface area contributed by atoms with Gasteiger partial charge in [-0.15, -0.1) is 0 Å². The summed E-state index contributed by atoms with van der Waals surface area (Å²) in [4.78, 5) is 31.6. The highest BCUT2D eigenvalue weighted by atomic mass is 16.5. The molecule has 0 aromatic rings. The van der Waals surface area contributed by atoms with Gasteiger partial charge in [0.15, 0.2) is 5.96 Å². The Bertz CT molecular complexity index is 671. The fourth-order valence-electron chi connectivity index (χ4n) is 5.71. The van der Waals surface area contributed by atoms with Gasteiger partial charge in [-0.05, 0) is 50.9 Å². The van der Waals surface area contributed by atoms with Crippen LogP contribution in [-0.4, -0.2) is 61.6 Å². The summed E-state index contributed by atoms with van der Waals surface area (Å²) in [5.41, 5.74) is 0. The normalized spacial score (nSPS) is 30.4. The van der Waals surface area contributed by atoms with E-state index in [9.17, 15) is 9.59 Å². The van der Waals surface area contributed by atoms with Gasteiger partial charge in [0, 0.05) is 32.8 Å². The molecule has 2 amide bonds. The fraction of sp³-hybridized carbons (Fsp3) is 0.792. The predicted molar refractivity (Wildman–Crippen MR) is 120 cm³/mol. The highest BCUT2D eigenvalue weighted by molar-refractivity contribution is 6.06. The molecule has 4 unspecified atom stereocenters. The second-order valence-corrected chi connectivity index (χ2v) is 9.35. The van der Waals surface area contributed by atoms with Crippen molar-refractivity contribution >= 4 is 17.8 Å². The number of aliphatic imine (C=N–C) groups is 1. The molecular weight excluding hydrogens is 392 g/mol. The van der Waals surface area contributed by atoms with E-state index < -0.39 is 0 Å². The first-order chi connectivity index (χ1) is 15.2. The Hall–Kier alpha value is -1.89. The van der Waals surface area contributed by atoms with Crippen molar-refractivity contribution in [1.82, 2.24) is 15.5 Å². The molecule has 7 heteroatoms. The van der Waals surface area contributed by atoms with E-state index in [-0.39, 0.29) is 35.5 Å². The van der Waals surface area contributed by atoms with Crippen molar-refractivity contribution in [2.75, 3.05) is 32.8 Å². The van der Waals surface area contributed by atoms with Gasteiger partial charge in [-0.1, -0.05) is 31.4 Å². The lowest BCUT2D eigenvalue weighted by molar-refractivity contribution is -0.140. The molecule has 31 heavy (non-hydrogen) atoms. The van der Waals surface area contributed by atoms with Crippen LogP contribution in [0.2, 0.25) is 0 Å². The van der Waals surface area contributed by atoms with Gasteiger partial charge < -0.3 is 15.4 Å². The predicted octanol–water partition coefficient (Wildman–Crippen LogP) is 2.48. The fourth-order valence-corrected chi connectivity index (χ4v) is 5.71. The van der Waals surface area contributed by atoms with Crippen LogP contribution in [0.3, 0.4) is 0 Å². The number of allylic oxidation sites excluding steroid dienone is 2. The number of amides is 2. The Kier molecular flexibility index (Phi) is 7.64. The second-order valence-electron chi connectivity index (χ2n) is 9.35. The molecule has 0 spiro atoms. The zero-order valence-corrected chi connectivity index (χ0v) is 18.9. The van der Waals surface area contributed by atoms with Gasteiger partial charge in [0.05, 0.1) is 17.9 Å². The van der Waals surface area contributed by atoms with Crippen LogP contribution in [0.5, 0.6) is 0 Å². The smallest absolute Gasteiger partial charge is 0.233 e. The van der Waals surface area contributed by atoms with Crippen molar-refractivity contribution in [3.63, 3.8) is 0 Å². The molecule has 1 aliphatic heterocycles. The van der Waals surface area contributed by atoms with Crippen molar-refractivity contribution in [3.8, 4) is 0 Å². The Morgan fingerprint density at radius 3 is 2.45 bits per heavy atom. The van der Waals surface area contributed by atoms with Crippen molar-refractivity contribution in [1.29, 1.82) is 0 Å². The van der Waals surface area contributed by atoms with Crippen molar-refractivity contribution in [2.45, 2.75) is 64.4 Å². The van der Waals surface area contributed by atoms with Gasteiger partial charge >= 0.3 is 0 Å².